The molecule has 1 aliphatic heterocycles. The average molecular weight is 436 g/mol. The Kier molecular flexibility index (Phi) is 6.94. The van der Waals surface area contributed by atoms with E-state index in [1.165, 1.54) is 12.1 Å². The minimum absolute atomic E-state index is 0.0696. The van der Waals surface area contributed by atoms with Crippen molar-refractivity contribution < 1.29 is 18.3 Å². The van der Waals surface area contributed by atoms with Gasteiger partial charge in [0.05, 0.1) is 11.6 Å². The lowest BCUT2D eigenvalue weighted by Crippen LogP contribution is -2.49. The fraction of sp³-hybridized carbons (Fsp3) is 0.625. The maximum atomic E-state index is 13.4. The zero-order valence-electron chi connectivity index (χ0n) is 19.8. The van der Waals surface area contributed by atoms with E-state index >= 15 is 0 Å². The highest BCUT2D eigenvalue weighted by molar-refractivity contribution is 6.74. The number of likely N-dealkylation sites (tertiary alicyclic amines) is 1. The molecule has 1 fully saturated rings. The predicted molar refractivity (Wildman–Crippen MR) is 123 cm³/mol. The van der Waals surface area contributed by atoms with Crippen LogP contribution < -0.4 is 0 Å². The molecule has 2 rings (SSSR count). The van der Waals surface area contributed by atoms with E-state index < -0.39 is 19.5 Å². The van der Waals surface area contributed by atoms with Crippen LogP contribution in [0, 0.1) is 5.82 Å². The van der Waals surface area contributed by atoms with Crippen molar-refractivity contribution in [2.45, 2.75) is 89.8 Å². The van der Waals surface area contributed by atoms with Gasteiger partial charge in [-0.15, -0.1) is 6.58 Å². The van der Waals surface area contributed by atoms with Crippen LogP contribution in [0.25, 0.3) is 0 Å². The van der Waals surface area contributed by atoms with Crippen LogP contribution in [0.4, 0.5) is 9.18 Å². The van der Waals surface area contributed by atoms with Gasteiger partial charge in [0.2, 0.25) is 0 Å². The first-order chi connectivity index (χ1) is 13.6. The molecular weight excluding hydrogens is 397 g/mol. The number of rotatable bonds is 5. The largest absolute Gasteiger partial charge is 0.444 e. The van der Waals surface area contributed by atoms with Gasteiger partial charge in [0.25, 0.3) is 0 Å². The number of carbonyl (C=O) groups is 1. The Balaban J connectivity index is 2.37. The van der Waals surface area contributed by atoms with Crippen LogP contribution in [0.1, 0.15) is 53.5 Å². The normalized spacial score (nSPS) is 22.8. The highest BCUT2D eigenvalue weighted by Crippen LogP contribution is 2.42. The molecule has 0 N–H and O–H groups in total. The smallest absolute Gasteiger partial charge is 0.411 e. The lowest BCUT2D eigenvalue weighted by molar-refractivity contribution is 0.0138. The zero-order valence-corrected chi connectivity index (χ0v) is 20.8. The van der Waals surface area contributed by atoms with Gasteiger partial charge in [-0.3, -0.25) is 4.90 Å². The SMILES string of the molecule is C=CC1(Cc2ccc(F)cc2)C[C@@H](O[Si](C)(C)C(C)(C)C)CN1C(=O)OC(C)(C)C. The van der Waals surface area contributed by atoms with Gasteiger partial charge in [-0.05, 0) is 63.0 Å². The summed E-state index contributed by atoms with van der Waals surface area (Å²) in [6.07, 6.45) is 2.53. The first-order valence-electron chi connectivity index (χ1n) is 10.7. The molecule has 6 heteroatoms. The summed E-state index contributed by atoms with van der Waals surface area (Å²) in [7, 11) is -2.02. The molecule has 0 bridgehead atoms. The Bertz CT molecular complexity index is 764. The molecule has 0 saturated carbocycles. The molecule has 2 atom stereocenters. The Morgan fingerprint density at radius 2 is 1.80 bits per heavy atom. The van der Waals surface area contributed by atoms with E-state index in [-0.39, 0.29) is 23.1 Å². The van der Waals surface area contributed by atoms with Gasteiger partial charge < -0.3 is 9.16 Å². The van der Waals surface area contributed by atoms with Gasteiger partial charge >= 0.3 is 6.09 Å². The molecule has 4 nitrogen and oxygen atoms in total. The van der Waals surface area contributed by atoms with E-state index in [0.717, 1.165) is 5.56 Å². The third kappa shape index (κ3) is 5.73. The Labute approximate surface area is 182 Å². The lowest BCUT2D eigenvalue weighted by atomic mass is 9.88. The minimum Gasteiger partial charge on any atom is -0.444 e. The van der Waals surface area contributed by atoms with Crippen molar-refractivity contribution in [3.63, 3.8) is 0 Å². The fourth-order valence-corrected chi connectivity index (χ4v) is 4.93. The van der Waals surface area contributed by atoms with Gasteiger partial charge in [-0.2, -0.15) is 0 Å². The summed E-state index contributed by atoms with van der Waals surface area (Å²) in [4.78, 5) is 14.9. The monoisotopic (exact) mass is 435 g/mol. The molecule has 0 aliphatic carbocycles. The van der Waals surface area contributed by atoms with Crippen LogP contribution in [0.2, 0.25) is 18.1 Å². The second kappa shape index (κ2) is 8.46. The van der Waals surface area contributed by atoms with Crippen LogP contribution in [-0.4, -0.2) is 43.1 Å². The maximum absolute atomic E-state index is 13.4. The molecule has 0 spiro atoms. The van der Waals surface area contributed by atoms with Gasteiger partial charge in [0.1, 0.15) is 11.4 Å². The Hall–Kier alpha value is -1.66. The molecule has 1 aromatic carbocycles. The molecule has 1 aromatic rings. The molecule has 168 valence electrons. The van der Waals surface area contributed by atoms with Crippen molar-refractivity contribution in [2.75, 3.05) is 6.54 Å². The van der Waals surface area contributed by atoms with E-state index in [2.05, 4.69) is 40.4 Å². The first-order valence-corrected chi connectivity index (χ1v) is 13.6. The van der Waals surface area contributed by atoms with Crippen LogP contribution in [0.15, 0.2) is 36.9 Å². The summed E-state index contributed by atoms with van der Waals surface area (Å²) in [5.41, 5.74) is -0.302. The van der Waals surface area contributed by atoms with Crippen molar-refractivity contribution in [3.8, 4) is 0 Å². The van der Waals surface area contributed by atoms with Crippen molar-refractivity contribution in [1.29, 1.82) is 0 Å². The van der Waals surface area contributed by atoms with Crippen LogP contribution in [0.5, 0.6) is 0 Å². The molecule has 1 unspecified atom stereocenters. The highest BCUT2D eigenvalue weighted by atomic mass is 28.4. The van der Waals surface area contributed by atoms with Gasteiger partial charge in [-0.25, -0.2) is 9.18 Å². The standard InChI is InChI=1S/C24H38FNO3Si/c1-10-24(15-18-11-13-19(25)14-12-18)16-20(29-30(8,9)23(5,6)7)17-26(24)21(27)28-22(2,3)4/h10-14,20H,1,15-17H2,2-9H3/t20-,24?/m1/s1. The highest BCUT2D eigenvalue weighted by Gasteiger charge is 2.50. The van der Waals surface area contributed by atoms with E-state index in [1.54, 1.807) is 17.0 Å². The van der Waals surface area contributed by atoms with Crippen LogP contribution >= 0.6 is 0 Å². The summed E-state index contributed by atoms with van der Waals surface area (Å²) in [6.45, 7) is 21.2. The van der Waals surface area contributed by atoms with E-state index in [9.17, 15) is 9.18 Å². The third-order valence-corrected chi connectivity index (χ3v) is 10.7. The number of amides is 1. The summed E-state index contributed by atoms with van der Waals surface area (Å²) in [5.74, 6) is -0.277. The number of benzene rings is 1. The molecule has 30 heavy (non-hydrogen) atoms. The molecule has 0 aromatic heterocycles. The lowest BCUT2D eigenvalue weighted by Gasteiger charge is -2.38. The fourth-order valence-electron chi connectivity index (χ4n) is 3.59. The van der Waals surface area contributed by atoms with E-state index in [1.807, 2.05) is 26.8 Å². The summed E-state index contributed by atoms with van der Waals surface area (Å²) in [5, 5.41) is 0.0696. The molecule has 1 heterocycles. The predicted octanol–water partition coefficient (Wildman–Crippen LogP) is 6.32. The number of hydrogen-bond donors (Lipinski definition) is 0. The first kappa shape index (κ1) is 24.6. The minimum atomic E-state index is -2.02. The third-order valence-electron chi connectivity index (χ3n) is 6.19. The van der Waals surface area contributed by atoms with E-state index in [0.29, 0.717) is 19.4 Å². The number of ether oxygens (including phenoxy) is 1. The topological polar surface area (TPSA) is 38.8 Å². The molecule has 1 aliphatic rings. The van der Waals surface area contributed by atoms with Crippen molar-refractivity contribution in [1.82, 2.24) is 4.90 Å². The van der Waals surface area contributed by atoms with Gasteiger partial charge in [0.15, 0.2) is 8.32 Å². The molecular formula is C24H38FNO3Si. The number of hydrogen-bond acceptors (Lipinski definition) is 3. The number of carbonyl (C=O) groups excluding carboxylic acids is 1. The van der Waals surface area contributed by atoms with Crippen molar-refractivity contribution in [3.05, 3.63) is 48.3 Å². The molecule has 1 saturated heterocycles. The van der Waals surface area contributed by atoms with Crippen molar-refractivity contribution in [2.24, 2.45) is 0 Å². The second-order valence-electron chi connectivity index (χ2n) is 10.9. The van der Waals surface area contributed by atoms with E-state index in [4.69, 9.17) is 9.16 Å². The second-order valence-corrected chi connectivity index (χ2v) is 15.7. The maximum Gasteiger partial charge on any atom is 0.411 e. The zero-order chi connectivity index (χ0) is 23.0. The summed E-state index contributed by atoms with van der Waals surface area (Å²) >= 11 is 0. The number of halogens is 1. The quantitative estimate of drug-likeness (QED) is 0.401. The van der Waals surface area contributed by atoms with Gasteiger partial charge in [0, 0.05) is 13.0 Å². The summed E-state index contributed by atoms with van der Waals surface area (Å²) in [6, 6.07) is 6.41. The van der Waals surface area contributed by atoms with Crippen LogP contribution in [0.3, 0.4) is 0 Å². The molecule has 1 amide bonds. The van der Waals surface area contributed by atoms with Crippen molar-refractivity contribution >= 4 is 14.4 Å². The van der Waals surface area contributed by atoms with Crippen LogP contribution in [-0.2, 0) is 15.6 Å². The van der Waals surface area contributed by atoms with Gasteiger partial charge in [-0.1, -0.05) is 39.0 Å². The molecule has 0 radical (unpaired) electrons. The Morgan fingerprint density at radius 1 is 1.23 bits per heavy atom. The number of nitrogens with zero attached hydrogens (tertiary/aromatic N) is 1. The Morgan fingerprint density at radius 3 is 2.27 bits per heavy atom. The summed E-state index contributed by atoms with van der Waals surface area (Å²) < 4.78 is 25.8. The average Bonchev–Trinajstić information content (AvgIpc) is 2.92.